The maximum absolute atomic E-state index is 12.0. The topological polar surface area (TPSA) is 52.6 Å². The molecule has 1 atom stereocenters. The Bertz CT molecular complexity index is 261. The minimum atomic E-state index is 0.0571. The maximum atomic E-state index is 12.0. The van der Waals surface area contributed by atoms with Crippen LogP contribution in [-0.4, -0.2) is 48.7 Å². The molecule has 0 radical (unpaired) electrons. The zero-order valence-corrected chi connectivity index (χ0v) is 9.49. The smallest absolute Gasteiger partial charge is 0.228 e. The number of aliphatic hydroxyl groups excluding tert-OH is 1. The zero-order chi connectivity index (χ0) is 11.1. The van der Waals surface area contributed by atoms with Gasteiger partial charge < -0.3 is 15.3 Å². The number of rotatable bonds is 2. The molecule has 0 bridgehead atoms. The fraction of sp³-hybridized carbons (Fsp3) is 0.909. The lowest BCUT2D eigenvalue weighted by atomic mass is 9.83. The van der Waals surface area contributed by atoms with E-state index in [0.717, 1.165) is 26.2 Å². The van der Waals surface area contributed by atoms with Gasteiger partial charge in [0, 0.05) is 38.7 Å². The quantitative estimate of drug-likeness (QED) is 0.660. The normalized spacial score (nSPS) is 30.3. The van der Waals surface area contributed by atoms with Gasteiger partial charge in [-0.15, -0.1) is 0 Å². The minimum absolute atomic E-state index is 0.0571. The van der Waals surface area contributed by atoms with Crippen molar-refractivity contribution in [1.29, 1.82) is 0 Å². The second kappa shape index (κ2) is 3.76. The van der Waals surface area contributed by atoms with E-state index < -0.39 is 0 Å². The summed E-state index contributed by atoms with van der Waals surface area (Å²) in [5.74, 6) is 0.672. The van der Waals surface area contributed by atoms with Gasteiger partial charge in [0.05, 0.1) is 5.92 Å². The van der Waals surface area contributed by atoms with E-state index in [1.165, 1.54) is 0 Å². The number of hydrogen-bond acceptors (Lipinski definition) is 3. The predicted molar refractivity (Wildman–Crippen MR) is 57.3 cm³/mol. The third-order valence-electron chi connectivity index (χ3n) is 3.81. The van der Waals surface area contributed by atoms with Crippen molar-refractivity contribution in [3.05, 3.63) is 0 Å². The number of hydrogen-bond donors (Lipinski definition) is 2. The first-order chi connectivity index (χ1) is 7.04. The Morgan fingerprint density at radius 3 is 2.60 bits per heavy atom. The van der Waals surface area contributed by atoms with Crippen LogP contribution in [0.3, 0.4) is 0 Å². The van der Waals surface area contributed by atoms with Crippen molar-refractivity contribution in [3.8, 4) is 0 Å². The predicted octanol–water partition coefficient (Wildman–Crippen LogP) is -0.317. The summed E-state index contributed by atoms with van der Waals surface area (Å²) in [4.78, 5) is 13.9. The highest BCUT2D eigenvalue weighted by Gasteiger charge is 2.42. The van der Waals surface area contributed by atoms with Crippen molar-refractivity contribution in [2.75, 3.05) is 32.8 Å². The van der Waals surface area contributed by atoms with Crippen LogP contribution in [0.15, 0.2) is 0 Å². The van der Waals surface area contributed by atoms with E-state index in [4.69, 9.17) is 0 Å². The van der Waals surface area contributed by atoms with Crippen LogP contribution in [0.25, 0.3) is 0 Å². The maximum Gasteiger partial charge on any atom is 0.228 e. The van der Waals surface area contributed by atoms with Gasteiger partial charge in [0.25, 0.3) is 0 Å². The molecule has 0 aromatic carbocycles. The van der Waals surface area contributed by atoms with E-state index in [0.29, 0.717) is 0 Å². The summed E-state index contributed by atoms with van der Waals surface area (Å²) in [6.45, 7) is 7.57. The van der Waals surface area contributed by atoms with Crippen LogP contribution in [0.2, 0.25) is 0 Å². The number of likely N-dealkylation sites (tertiary alicyclic amines) is 1. The third kappa shape index (κ3) is 1.88. The lowest BCUT2D eigenvalue weighted by Crippen LogP contribution is -2.51. The number of carbonyl (C=O) groups excluding carboxylic acids is 1. The fourth-order valence-corrected chi connectivity index (χ4v) is 2.39. The van der Waals surface area contributed by atoms with Gasteiger partial charge in [0.1, 0.15) is 0 Å². The average Bonchev–Trinajstić information content (AvgIpc) is 2.37. The largest absolute Gasteiger partial charge is 0.396 e. The van der Waals surface area contributed by atoms with Gasteiger partial charge in [-0.2, -0.15) is 0 Å². The van der Waals surface area contributed by atoms with Crippen LogP contribution >= 0.6 is 0 Å². The molecular weight excluding hydrogens is 192 g/mol. The molecule has 2 N–H and O–H groups in total. The molecule has 86 valence electrons. The number of aliphatic hydroxyl groups is 1. The van der Waals surface area contributed by atoms with Crippen molar-refractivity contribution in [3.63, 3.8) is 0 Å². The van der Waals surface area contributed by atoms with Gasteiger partial charge >= 0.3 is 0 Å². The van der Waals surface area contributed by atoms with Crippen molar-refractivity contribution >= 4 is 5.91 Å². The van der Waals surface area contributed by atoms with E-state index in [1.54, 1.807) is 0 Å². The molecule has 0 aromatic rings. The van der Waals surface area contributed by atoms with Crippen LogP contribution in [0.4, 0.5) is 0 Å². The molecule has 2 saturated heterocycles. The van der Waals surface area contributed by atoms with Crippen LogP contribution in [0.1, 0.15) is 13.8 Å². The van der Waals surface area contributed by atoms with Crippen LogP contribution < -0.4 is 5.32 Å². The average molecular weight is 212 g/mol. The molecule has 0 saturated carbocycles. The third-order valence-corrected chi connectivity index (χ3v) is 3.81. The number of carbonyl (C=O) groups is 1. The molecule has 2 aliphatic rings. The van der Waals surface area contributed by atoms with E-state index in [9.17, 15) is 9.90 Å². The van der Waals surface area contributed by atoms with Crippen LogP contribution in [0, 0.1) is 17.3 Å². The Hall–Kier alpha value is -0.610. The number of nitrogens with zero attached hydrogens (tertiary/aromatic N) is 1. The first-order valence-electron chi connectivity index (χ1n) is 5.65. The molecule has 4 heteroatoms. The molecule has 4 nitrogen and oxygen atoms in total. The van der Waals surface area contributed by atoms with E-state index in [1.807, 2.05) is 4.90 Å². The lowest BCUT2D eigenvalue weighted by molar-refractivity contribution is -0.136. The molecule has 0 aliphatic carbocycles. The Balaban J connectivity index is 1.98. The van der Waals surface area contributed by atoms with Gasteiger partial charge in [-0.25, -0.2) is 0 Å². The van der Waals surface area contributed by atoms with Crippen molar-refractivity contribution in [2.45, 2.75) is 13.8 Å². The highest BCUT2D eigenvalue weighted by molar-refractivity contribution is 5.80. The Morgan fingerprint density at radius 2 is 2.20 bits per heavy atom. The van der Waals surface area contributed by atoms with Gasteiger partial charge in [0.15, 0.2) is 0 Å². The standard InChI is InChI=1S/C11H20N2O2/c1-11(2)7-13(5-9(11)6-14)10(15)8-3-12-4-8/h8-9,12,14H,3-7H2,1-2H3/t9-/m1/s1. The minimum Gasteiger partial charge on any atom is -0.396 e. The van der Waals surface area contributed by atoms with Crippen molar-refractivity contribution in [1.82, 2.24) is 10.2 Å². The summed E-state index contributed by atoms with van der Waals surface area (Å²) in [6, 6.07) is 0. The molecular formula is C11H20N2O2. The number of nitrogens with one attached hydrogen (secondary N) is 1. The van der Waals surface area contributed by atoms with Crippen LogP contribution in [-0.2, 0) is 4.79 Å². The van der Waals surface area contributed by atoms with Crippen molar-refractivity contribution in [2.24, 2.45) is 17.3 Å². The summed E-state index contributed by atoms with van der Waals surface area (Å²) >= 11 is 0. The molecule has 2 fully saturated rings. The summed E-state index contributed by atoms with van der Waals surface area (Å²) < 4.78 is 0. The molecule has 15 heavy (non-hydrogen) atoms. The number of amides is 1. The summed E-state index contributed by atoms with van der Waals surface area (Å²) in [6.07, 6.45) is 0. The van der Waals surface area contributed by atoms with Crippen molar-refractivity contribution < 1.29 is 9.90 Å². The second-order valence-electron chi connectivity index (χ2n) is 5.44. The lowest BCUT2D eigenvalue weighted by Gasteiger charge is -2.30. The summed E-state index contributed by atoms with van der Waals surface area (Å²) in [7, 11) is 0. The highest BCUT2D eigenvalue weighted by Crippen LogP contribution is 2.35. The first-order valence-corrected chi connectivity index (χ1v) is 5.65. The molecule has 2 aliphatic heterocycles. The van der Waals surface area contributed by atoms with E-state index in [2.05, 4.69) is 19.2 Å². The van der Waals surface area contributed by atoms with Gasteiger partial charge in [0.2, 0.25) is 5.91 Å². The van der Waals surface area contributed by atoms with Gasteiger partial charge in [-0.05, 0) is 5.41 Å². The van der Waals surface area contributed by atoms with E-state index in [-0.39, 0.29) is 29.8 Å². The SMILES string of the molecule is CC1(C)CN(C(=O)C2CNC2)C[C@@H]1CO. The Kier molecular flexibility index (Phi) is 2.73. The molecule has 0 spiro atoms. The second-order valence-corrected chi connectivity index (χ2v) is 5.44. The Morgan fingerprint density at radius 1 is 1.53 bits per heavy atom. The molecule has 2 rings (SSSR count). The fourth-order valence-electron chi connectivity index (χ4n) is 2.39. The monoisotopic (exact) mass is 212 g/mol. The molecule has 0 aromatic heterocycles. The Labute approximate surface area is 90.6 Å². The van der Waals surface area contributed by atoms with E-state index >= 15 is 0 Å². The first kappa shape index (κ1) is 10.9. The van der Waals surface area contributed by atoms with Gasteiger partial charge in [-0.1, -0.05) is 13.8 Å². The molecule has 0 unspecified atom stereocenters. The highest BCUT2D eigenvalue weighted by atomic mass is 16.3. The molecule has 1 amide bonds. The zero-order valence-electron chi connectivity index (χ0n) is 9.49. The molecule has 2 heterocycles. The van der Waals surface area contributed by atoms with Gasteiger partial charge in [-0.3, -0.25) is 4.79 Å². The van der Waals surface area contributed by atoms with Crippen LogP contribution in [0.5, 0.6) is 0 Å². The summed E-state index contributed by atoms with van der Waals surface area (Å²) in [5, 5.41) is 12.4. The summed E-state index contributed by atoms with van der Waals surface area (Å²) in [5.41, 5.74) is 0.0571.